The van der Waals surface area contributed by atoms with Crippen LogP contribution >= 0.6 is 0 Å². The second kappa shape index (κ2) is 4.06. The van der Waals surface area contributed by atoms with Crippen LogP contribution in [-0.2, 0) is 0 Å². The Morgan fingerprint density at radius 3 is 1.50 bits per heavy atom. The molecule has 1 aromatic heterocycles. The number of aromatic nitrogens is 2. The molecule has 0 saturated carbocycles. The molecule has 70 valence electrons. The van der Waals surface area contributed by atoms with Crippen LogP contribution in [0.15, 0.2) is 0 Å². The topological polar surface area (TPSA) is 91.8 Å². The zero-order chi connectivity index (χ0) is 10.6. The number of nitrogens with zero attached hydrogens (tertiary/aromatic N) is 4. The van der Waals surface area contributed by atoms with E-state index in [0.29, 0.717) is 0 Å². The van der Waals surface area contributed by atoms with E-state index in [1.807, 2.05) is 0 Å². The Hall–Kier alpha value is -2.34. The van der Waals surface area contributed by atoms with Gasteiger partial charge in [0.25, 0.3) is 11.8 Å². The molecule has 1 aromatic rings. The number of nitriles is 2. The highest BCUT2D eigenvalue weighted by atomic mass is 16.5. The smallest absolute Gasteiger partial charge is 0.279 e. The lowest BCUT2D eigenvalue weighted by Gasteiger charge is -2.04. The molecule has 0 spiro atoms. The first-order chi connectivity index (χ1) is 6.76. The van der Waals surface area contributed by atoms with Crippen molar-refractivity contribution in [3.8, 4) is 23.9 Å². The molecule has 0 atom stereocenters. The van der Waals surface area contributed by atoms with Crippen molar-refractivity contribution in [3.63, 3.8) is 0 Å². The zero-order valence-electron chi connectivity index (χ0n) is 7.61. The molecule has 0 aromatic carbocycles. The van der Waals surface area contributed by atoms with Gasteiger partial charge in [-0.25, -0.2) is 0 Å². The molecule has 0 unspecified atom stereocenters. The van der Waals surface area contributed by atoms with Crippen LogP contribution in [0.5, 0.6) is 11.8 Å². The highest BCUT2D eigenvalue weighted by molar-refractivity contribution is 5.41. The minimum absolute atomic E-state index is 0.0786. The molecule has 0 saturated heterocycles. The van der Waals surface area contributed by atoms with Gasteiger partial charge in [0.15, 0.2) is 11.4 Å². The second-order valence-corrected chi connectivity index (χ2v) is 2.16. The lowest BCUT2D eigenvalue weighted by molar-refractivity contribution is 0.330. The van der Waals surface area contributed by atoms with Crippen LogP contribution < -0.4 is 9.47 Å². The predicted molar refractivity (Wildman–Crippen MR) is 44.6 cm³/mol. The second-order valence-electron chi connectivity index (χ2n) is 2.16. The molecule has 0 N–H and O–H groups in total. The monoisotopic (exact) mass is 190 g/mol. The first-order valence-electron chi connectivity index (χ1n) is 3.57. The quantitative estimate of drug-likeness (QED) is 0.663. The molecule has 0 fully saturated rings. The van der Waals surface area contributed by atoms with Crippen LogP contribution in [0.2, 0.25) is 0 Å². The van der Waals surface area contributed by atoms with Gasteiger partial charge < -0.3 is 9.47 Å². The van der Waals surface area contributed by atoms with Crippen molar-refractivity contribution in [1.82, 2.24) is 9.97 Å². The van der Waals surface area contributed by atoms with Crippen molar-refractivity contribution in [1.29, 1.82) is 10.5 Å². The van der Waals surface area contributed by atoms with Gasteiger partial charge >= 0.3 is 0 Å². The summed E-state index contributed by atoms with van der Waals surface area (Å²) in [5, 5.41) is 17.3. The van der Waals surface area contributed by atoms with Crippen LogP contribution in [0.1, 0.15) is 11.4 Å². The third-order valence-corrected chi connectivity index (χ3v) is 1.43. The highest BCUT2D eigenvalue weighted by Gasteiger charge is 2.13. The lowest BCUT2D eigenvalue weighted by Crippen LogP contribution is -2.01. The molecule has 1 rings (SSSR count). The largest absolute Gasteiger partial charge is 0.477 e. The van der Waals surface area contributed by atoms with Crippen LogP contribution in [0.25, 0.3) is 0 Å². The van der Waals surface area contributed by atoms with Crippen LogP contribution in [0, 0.1) is 22.7 Å². The summed E-state index contributed by atoms with van der Waals surface area (Å²) in [7, 11) is 2.75. The third-order valence-electron chi connectivity index (χ3n) is 1.43. The Morgan fingerprint density at radius 1 is 0.929 bits per heavy atom. The SMILES string of the molecule is COc1nc(C#N)c(C#N)nc1OC. The summed E-state index contributed by atoms with van der Waals surface area (Å²) in [5.41, 5.74) is -0.157. The molecule has 0 amide bonds. The van der Waals surface area contributed by atoms with E-state index in [2.05, 4.69) is 9.97 Å². The van der Waals surface area contributed by atoms with Crippen LogP contribution in [0.3, 0.4) is 0 Å². The zero-order valence-corrected chi connectivity index (χ0v) is 7.61. The Balaban J connectivity index is 3.39. The van der Waals surface area contributed by atoms with Crippen molar-refractivity contribution in [2.45, 2.75) is 0 Å². The Morgan fingerprint density at radius 2 is 1.29 bits per heavy atom. The fourth-order valence-corrected chi connectivity index (χ4v) is 0.826. The van der Waals surface area contributed by atoms with Gasteiger partial charge in [0.05, 0.1) is 14.2 Å². The minimum Gasteiger partial charge on any atom is -0.477 e. The summed E-state index contributed by atoms with van der Waals surface area (Å²) in [6.45, 7) is 0. The van der Waals surface area contributed by atoms with E-state index in [9.17, 15) is 0 Å². The fraction of sp³-hybridized carbons (Fsp3) is 0.250. The van der Waals surface area contributed by atoms with Crippen LogP contribution in [-0.4, -0.2) is 24.2 Å². The molecular weight excluding hydrogens is 184 g/mol. The van der Waals surface area contributed by atoms with E-state index < -0.39 is 0 Å². The molecule has 6 nitrogen and oxygen atoms in total. The third kappa shape index (κ3) is 1.54. The number of ether oxygens (including phenoxy) is 2. The van der Waals surface area contributed by atoms with Gasteiger partial charge in [-0.05, 0) is 0 Å². The van der Waals surface area contributed by atoms with E-state index in [0.717, 1.165) is 0 Å². The van der Waals surface area contributed by atoms with E-state index in [4.69, 9.17) is 20.0 Å². The van der Waals surface area contributed by atoms with Crippen molar-refractivity contribution >= 4 is 0 Å². The summed E-state index contributed by atoms with van der Waals surface area (Å²) < 4.78 is 9.64. The average Bonchev–Trinajstić information content (AvgIpc) is 2.26. The van der Waals surface area contributed by atoms with E-state index >= 15 is 0 Å². The fourth-order valence-electron chi connectivity index (χ4n) is 0.826. The van der Waals surface area contributed by atoms with Crippen LogP contribution in [0.4, 0.5) is 0 Å². The predicted octanol–water partition coefficient (Wildman–Crippen LogP) is 0.237. The van der Waals surface area contributed by atoms with E-state index in [1.54, 1.807) is 12.1 Å². The average molecular weight is 190 g/mol. The van der Waals surface area contributed by atoms with Crippen molar-refractivity contribution in [3.05, 3.63) is 11.4 Å². The van der Waals surface area contributed by atoms with Gasteiger partial charge in [0.1, 0.15) is 12.1 Å². The molecular formula is C8H6N4O2. The van der Waals surface area contributed by atoms with Gasteiger partial charge in [-0.3, -0.25) is 0 Å². The number of methoxy groups -OCH3 is 2. The van der Waals surface area contributed by atoms with E-state index in [-0.39, 0.29) is 23.1 Å². The summed E-state index contributed by atoms with van der Waals surface area (Å²) in [6, 6.07) is 3.48. The molecule has 0 radical (unpaired) electrons. The van der Waals surface area contributed by atoms with Gasteiger partial charge in [0.2, 0.25) is 0 Å². The summed E-state index contributed by atoms with van der Waals surface area (Å²) in [6.07, 6.45) is 0. The maximum atomic E-state index is 8.63. The first kappa shape index (κ1) is 9.75. The number of hydrogen-bond acceptors (Lipinski definition) is 6. The summed E-state index contributed by atoms with van der Waals surface area (Å²) >= 11 is 0. The Labute approximate surface area is 80.3 Å². The van der Waals surface area contributed by atoms with Crippen molar-refractivity contribution in [2.75, 3.05) is 14.2 Å². The van der Waals surface area contributed by atoms with Gasteiger partial charge in [0, 0.05) is 0 Å². The Bertz CT molecular complexity index is 389. The minimum atomic E-state index is -0.0786. The van der Waals surface area contributed by atoms with Gasteiger partial charge in [-0.1, -0.05) is 0 Å². The molecule has 6 heteroatoms. The first-order valence-corrected chi connectivity index (χ1v) is 3.57. The van der Waals surface area contributed by atoms with E-state index in [1.165, 1.54) is 14.2 Å². The maximum Gasteiger partial charge on any atom is 0.279 e. The maximum absolute atomic E-state index is 8.63. The normalized spacial score (nSPS) is 8.57. The summed E-state index contributed by atoms with van der Waals surface area (Å²) in [4.78, 5) is 7.52. The molecule has 14 heavy (non-hydrogen) atoms. The van der Waals surface area contributed by atoms with Gasteiger partial charge in [-0.2, -0.15) is 20.5 Å². The van der Waals surface area contributed by atoms with Crippen molar-refractivity contribution in [2.24, 2.45) is 0 Å². The molecule has 1 heterocycles. The Kier molecular flexibility index (Phi) is 2.82. The molecule has 0 aliphatic rings. The number of hydrogen-bond donors (Lipinski definition) is 0. The molecule has 0 aliphatic heterocycles. The van der Waals surface area contributed by atoms with Crippen molar-refractivity contribution < 1.29 is 9.47 Å². The standard InChI is InChI=1S/C8H6N4O2/c1-13-7-8(14-2)12-6(4-10)5(3-9)11-7/h1-2H3. The number of rotatable bonds is 2. The summed E-state index contributed by atoms with van der Waals surface area (Å²) in [5.74, 6) is 0.172. The molecule has 0 bridgehead atoms. The molecule has 0 aliphatic carbocycles. The highest BCUT2D eigenvalue weighted by Crippen LogP contribution is 2.22. The lowest BCUT2D eigenvalue weighted by atomic mass is 10.3. The van der Waals surface area contributed by atoms with Gasteiger partial charge in [-0.15, -0.1) is 0 Å².